The zero-order chi connectivity index (χ0) is 16.9. The highest BCUT2D eigenvalue weighted by atomic mass is 32.1. The van der Waals surface area contributed by atoms with Crippen molar-refractivity contribution in [3.63, 3.8) is 0 Å². The summed E-state index contributed by atoms with van der Waals surface area (Å²) in [4.78, 5) is 4.04. The van der Waals surface area contributed by atoms with Gasteiger partial charge < -0.3 is 9.47 Å². The molecular weight excluding hydrogens is 325 g/mol. The molecule has 3 rings (SSSR count). The number of rotatable bonds is 6. The average molecular weight is 343 g/mol. The minimum atomic E-state index is -0.360. The summed E-state index contributed by atoms with van der Waals surface area (Å²) in [6.45, 7) is 0.565. The van der Waals surface area contributed by atoms with Crippen molar-refractivity contribution in [3.05, 3.63) is 53.8 Å². The molecule has 0 saturated heterocycles. The second kappa shape index (κ2) is 7.67. The van der Waals surface area contributed by atoms with E-state index in [9.17, 15) is 4.39 Å². The van der Waals surface area contributed by atoms with Crippen molar-refractivity contribution in [2.24, 2.45) is 4.99 Å². The number of aliphatic imine (C=N–C) groups is 1. The molecule has 1 saturated carbocycles. The Labute approximate surface area is 146 Å². The van der Waals surface area contributed by atoms with Crippen LogP contribution in [0.1, 0.15) is 18.4 Å². The quantitative estimate of drug-likeness (QED) is 0.565. The van der Waals surface area contributed by atoms with Crippen LogP contribution in [0.3, 0.4) is 0 Å². The largest absolute Gasteiger partial charge is 0.494 e. The molecule has 124 valence electrons. The van der Waals surface area contributed by atoms with E-state index < -0.39 is 0 Å². The summed E-state index contributed by atoms with van der Waals surface area (Å²) in [6, 6.07) is 13.2. The van der Waals surface area contributed by atoms with Crippen molar-refractivity contribution < 1.29 is 13.9 Å². The number of thiocarbonyl (C=S) groups is 1. The number of benzene rings is 2. The SMILES string of the molecule is COc1ccc(-c2ccc(CO[C@H]3C[C@@H](N=C=S)C3)cc2)cc1F. The first-order valence-corrected chi connectivity index (χ1v) is 8.22. The molecule has 0 aromatic heterocycles. The molecule has 0 bridgehead atoms. The van der Waals surface area contributed by atoms with Crippen molar-refractivity contribution in [3.8, 4) is 16.9 Å². The molecule has 0 radical (unpaired) electrons. The molecule has 0 N–H and O–H groups in total. The third kappa shape index (κ3) is 3.88. The minimum Gasteiger partial charge on any atom is -0.494 e. The third-order valence-electron chi connectivity index (χ3n) is 4.23. The Hall–Kier alpha value is -2.07. The van der Waals surface area contributed by atoms with Gasteiger partial charge in [-0.15, -0.1) is 0 Å². The van der Waals surface area contributed by atoms with Crippen molar-refractivity contribution in [1.82, 2.24) is 0 Å². The monoisotopic (exact) mass is 343 g/mol. The average Bonchev–Trinajstić information content (AvgIpc) is 2.57. The summed E-state index contributed by atoms with van der Waals surface area (Å²) in [7, 11) is 1.46. The summed E-state index contributed by atoms with van der Waals surface area (Å²) in [5, 5.41) is 2.42. The number of methoxy groups -OCH3 is 1. The van der Waals surface area contributed by atoms with Crippen molar-refractivity contribution in [2.75, 3.05) is 7.11 Å². The van der Waals surface area contributed by atoms with E-state index in [0.717, 1.165) is 29.5 Å². The van der Waals surface area contributed by atoms with Gasteiger partial charge in [-0.25, -0.2) is 9.38 Å². The molecule has 1 fully saturated rings. The highest BCUT2D eigenvalue weighted by molar-refractivity contribution is 7.78. The Bertz CT molecular complexity index is 750. The first-order chi connectivity index (χ1) is 11.7. The lowest BCUT2D eigenvalue weighted by atomic mass is 9.90. The number of nitrogens with zero attached hydrogens (tertiary/aromatic N) is 1. The number of isothiocyanates is 1. The second-order valence-corrected chi connectivity index (χ2v) is 6.01. The first-order valence-electron chi connectivity index (χ1n) is 7.81. The van der Waals surface area contributed by atoms with Crippen LogP contribution in [-0.4, -0.2) is 24.4 Å². The van der Waals surface area contributed by atoms with E-state index >= 15 is 0 Å². The summed E-state index contributed by atoms with van der Waals surface area (Å²) in [5.74, 6) is -0.110. The first kappa shape index (κ1) is 16.8. The fourth-order valence-corrected chi connectivity index (χ4v) is 2.86. The molecule has 0 aliphatic heterocycles. The topological polar surface area (TPSA) is 30.8 Å². The van der Waals surface area contributed by atoms with E-state index in [2.05, 4.69) is 22.4 Å². The Morgan fingerprint density at radius 3 is 2.50 bits per heavy atom. The van der Waals surface area contributed by atoms with Crippen LogP contribution >= 0.6 is 12.2 Å². The Kier molecular flexibility index (Phi) is 5.36. The minimum absolute atomic E-state index is 0.248. The Morgan fingerprint density at radius 1 is 1.17 bits per heavy atom. The summed E-state index contributed by atoms with van der Waals surface area (Å²) >= 11 is 4.59. The molecule has 3 nitrogen and oxygen atoms in total. The maximum atomic E-state index is 13.8. The van der Waals surface area contributed by atoms with E-state index in [1.807, 2.05) is 30.3 Å². The smallest absolute Gasteiger partial charge is 0.165 e. The highest BCUT2D eigenvalue weighted by Crippen LogP contribution is 2.28. The van der Waals surface area contributed by atoms with Crippen LogP contribution < -0.4 is 4.74 Å². The molecular formula is C19H18FNO2S. The van der Waals surface area contributed by atoms with E-state index in [1.54, 1.807) is 6.07 Å². The fourth-order valence-electron chi connectivity index (χ4n) is 2.71. The lowest BCUT2D eigenvalue weighted by molar-refractivity contribution is -0.0182. The van der Waals surface area contributed by atoms with Crippen LogP contribution in [0, 0.1) is 5.82 Å². The van der Waals surface area contributed by atoms with Crippen molar-refractivity contribution in [2.45, 2.75) is 31.6 Å². The lowest BCUT2D eigenvalue weighted by Gasteiger charge is -2.31. The van der Waals surface area contributed by atoms with Gasteiger partial charge in [-0.3, -0.25) is 0 Å². The molecule has 2 aromatic rings. The molecule has 0 unspecified atom stereocenters. The van der Waals surface area contributed by atoms with Gasteiger partial charge >= 0.3 is 0 Å². The van der Waals surface area contributed by atoms with E-state index in [1.165, 1.54) is 13.2 Å². The normalized spacial score (nSPS) is 19.2. The highest BCUT2D eigenvalue weighted by Gasteiger charge is 2.29. The summed E-state index contributed by atoms with van der Waals surface area (Å²) < 4.78 is 24.6. The van der Waals surface area contributed by atoms with Gasteiger partial charge in [0.05, 0.1) is 31.0 Å². The van der Waals surface area contributed by atoms with Crippen LogP contribution in [0.2, 0.25) is 0 Å². The fraction of sp³-hybridized carbons (Fsp3) is 0.316. The van der Waals surface area contributed by atoms with Crippen LogP contribution in [0.15, 0.2) is 47.5 Å². The third-order valence-corrected chi connectivity index (χ3v) is 4.34. The lowest BCUT2D eigenvalue weighted by Crippen LogP contribution is -2.34. The maximum Gasteiger partial charge on any atom is 0.165 e. The van der Waals surface area contributed by atoms with Gasteiger partial charge in [0.1, 0.15) is 0 Å². The number of hydrogen-bond donors (Lipinski definition) is 0. The molecule has 0 amide bonds. The zero-order valence-corrected chi connectivity index (χ0v) is 14.2. The van der Waals surface area contributed by atoms with Gasteiger partial charge in [-0.2, -0.15) is 0 Å². The van der Waals surface area contributed by atoms with Crippen LogP contribution in [0.5, 0.6) is 5.75 Å². The second-order valence-electron chi connectivity index (χ2n) is 5.82. The predicted molar refractivity (Wildman–Crippen MR) is 95.0 cm³/mol. The zero-order valence-electron chi connectivity index (χ0n) is 13.4. The number of ether oxygens (including phenoxy) is 2. The Morgan fingerprint density at radius 2 is 1.88 bits per heavy atom. The number of hydrogen-bond acceptors (Lipinski definition) is 4. The van der Waals surface area contributed by atoms with Gasteiger partial charge in [0.15, 0.2) is 11.6 Å². The van der Waals surface area contributed by atoms with Gasteiger partial charge in [0, 0.05) is 0 Å². The van der Waals surface area contributed by atoms with Crippen molar-refractivity contribution >= 4 is 17.4 Å². The standard InChI is InChI=1S/C19H18FNO2S/c1-22-19-7-6-15(8-18(19)20)14-4-2-13(3-5-14)11-23-17-9-16(10-17)21-12-24/h2-8,16-17H,9-11H2,1H3/t16-,17+. The van der Waals surface area contributed by atoms with Crippen LogP contribution in [0.4, 0.5) is 4.39 Å². The predicted octanol–water partition coefficient (Wildman–Crippen LogP) is 4.65. The van der Waals surface area contributed by atoms with Crippen LogP contribution in [0.25, 0.3) is 11.1 Å². The molecule has 0 heterocycles. The molecule has 0 atom stereocenters. The van der Waals surface area contributed by atoms with E-state index in [4.69, 9.17) is 9.47 Å². The maximum absolute atomic E-state index is 13.8. The number of halogens is 1. The molecule has 1 aliphatic rings. The molecule has 24 heavy (non-hydrogen) atoms. The van der Waals surface area contributed by atoms with Gasteiger partial charge in [0.25, 0.3) is 0 Å². The molecule has 1 aliphatic carbocycles. The van der Waals surface area contributed by atoms with E-state index in [0.29, 0.717) is 6.61 Å². The van der Waals surface area contributed by atoms with Gasteiger partial charge in [-0.1, -0.05) is 30.3 Å². The summed E-state index contributed by atoms with van der Waals surface area (Å²) in [6.07, 6.45) is 2.07. The van der Waals surface area contributed by atoms with Crippen LogP contribution in [-0.2, 0) is 11.3 Å². The molecule has 5 heteroatoms. The van der Waals surface area contributed by atoms with Crippen molar-refractivity contribution in [1.29, 1.82) is 0 Å². The molecule has 2 aromatic carbocycles. The van der Waals surface area contributed by atoms with Gasteiger partial charge in [0.2, 0.25) is 0 Å². The van der Waals surface area contributed by atoms with Gasteiger partial charge in [-0.05, 0) is 53.9 Å². The Balaban J connectivity index is 1.57. The summed E-state index contributed by atoms with van der Waals surface area (Å²) in [5.41, 5.74) is 2.87. The molecule has 0 spiro atoms. The van der Waals surface area contributed by atoms with E-state index in [-0.39, 0.29) is 23.7 Å².